The number of nitrogens with one attached hydrogen (secondary N) is 1. The number of aromatic nitrogens is 2. The van der Waals surface area contributed by atoms with Crippen LogP contribution in [0.2, 0.25) is 0 Å². The van der Waals surface area contributed by atoms with Crippen molar-refractivity contribution < 1.29 is 13.9 Å². The minimum atomic E-state index is -0.298. The van der Waals surface area contributed by atoms with Gasteiger partial charge in [0.2, 0.25) is 0 Å². The highest BCUT2D eigenvalue weighted by Crippen LogP contribution is 2.30. The minimum absolute atomic E-state index is 0.121. The summed E-state index contributed by atoms with van der Waals surface area (Å²) in [5.41, 5.74) is 3.16. The molecule has 0 spiro atoms. The number of likely N-dealkylation sites (tertiary alicyclic amines) is 1. The van der Waals surface area contributed by atoms with Gasteiger partial charge in [0.05, 0.1) is 24.4 Å². The third-order valence-electron chi connectivity index (χ3n) is 6.07. The SMILES string of the molecule is COc1ccc(CN2CCCC[C@H]2c2ncc(C(=O)NCc3ccc(F)cc3)c(C)n2)cc1. The molecule has 2 aromatic carbocycles. The van der Waals surface area contributed by atoms with Crippen molar-refractivity contribution in [2.24, 2.45) is 0 Å². The summed E-state index contributed by atoms with van der Waals surface area (Å²) in [6.45, 7) is 3.96. The molecule has 2 heterocycles. The van der Waals surface area contributed by atoms with E-state index in [9.17, 15) is 9.18 Å². The molecule has 0 unspecified atom stereocenters. The van der Waals surface area contributed by atoms with Crippen LogP contribution in [0, 0.1) is 12.7 Å². The van der Waals surface area contributed by atoms with Crippen LogP contribution >= 0.6 is 0 Å². The quantitative estimate of drug-likeness (QED) is 0.573. The van der Waals surface area contributed by atoms with E-state index < -0.39 is 0 Å². The van der Waals surface area contributed by atoms with Crippen molar-refractivity contribution in [3.8, 4) is 5.75 Å². The molecule has 172 valence electrons. The number of benzene rings is 2. The number of rotatable bonds is 7. The molecule has 33 heavy (non-hydrogen) atoms. The van der Waals surface area contributed by atoms with Gasteiger partial charge in [0.1, 0.15) is 17.4 Å². The fraction of sp³-hybridized carbons (Fsp3) is 0.346. The van der Waals surface area contributed by atoms with Gasteiger partial charge in [-0.1, -0.05) is 30.7 Å². The maximum absolute atomic E-state index is 13.1. The van der Waals surface area contributed by atoms with Crippen molar-refractivity contribution in [1.29, 1.82) is 0 Å². The van der Waals surface area contributed by atoms with E-state index in [1.54, 1.807) is 25.4 Å². The summed E-state index contributed by atoms with van der Waals surface area (Å²) in [7, 11) is 1.67. The number of nitrogens with zero attached hydrogens (tertiary/aromatic N) is 3. The Kier molecular flexibility index (Phi) is 7.29. The molecule has 0 aliphatic carbocycles. The fourth-order valence-corrected chi connectivity index (χ4v) is 4.19. The van der Waals surface area contributed by atoms with E-state index in [4.69, 9.17) is 9.72 Å². The van der Waals surface area contributed by atoms with Crippen molar-refractivity contribution in [1.82, 2.24) is 20.2 Å². The zero-order valence-electron chi connectivity index (χ0n) is 19.1. The topological polar surface area (TPSA) is 67.3 Å². The zero-order valence-corrected chi connectivity index (χ0v) is 19.1. The van der Waals surface area contributed by atoms with Gasteiger partial charge in [0, 0.05) is 19.3 Å². The molecule has 1 aliphatic rings. The van der Waals surface area contributed by atoms with Crippen LogP contribution in [0.4, 0.5) is 4.39 Å². The molecule has 1 atom stereocenters. The number of carbonyl (C=O) groups is 1. The predicted molar refractivity (Wildman–Crippen MR) is 124 cm³/mol. The van der Waals surface area contributed by atoms with Crippen LogP contribution in [0.1, 0.15) is 58.3 Å². The summed E-state index contributed by atoms with van der Waals surface area (Å²) >= 11 is 0. The predicted octanol–water partition coefficient (Wildman–Crippen LogP) is 4.59. The Morgan fingerprint density at radius 3 is 2.55 bits per heavy atom. The molecule has 1 aromatic heterocycles. The van der Waals surface area contributed by atoms with Gasteiger partial charge in [-0.05, 0) is 61.7 Å². The average molecular weight is 449 g/mol. The molecule has 0 radical (unpaired) electrons. The Hall–Kier alpha value is -3.32. The smallest absolute Gasteiger partial charge is 0.254 e. The molecule has 4 rings (SSSR count). The standard InChI is InChI=1S/C26H29FN4O2/c1-18-23(26(32)29-15-19-6-10-21(27)11-7-19)16-28-25(30-18)24-5-3-4-14-31(24)17-20-8-12-22(33-2)13-9-20/h6-13,16,24H,3-5,14-15,17H2,1-2H3,(H,29,32)/t24-/m0/s1. The molecule has 0 saturated carbocycles. The molecule has 6 nitrogen and oxygen atoms in total. The van der Waals surface area contributed by atoms with E-state index >= 15 is 0 Å². The second kappa shape index (κ2) is 10.5. The van der Waals surface area contributed by atoms with E-state index in [-0.39, 0.29) is 17.8 Å². The van der Waals surface area contributed by atoms with Gasteiger partial charge in [-0.2, -0.15) is 0 Å². The van der Waals surface area contributed by atoms with Gasteiger partial charge in [0.25, 0.3) is 5.91 Å². The number of hydrogen-bond acceptors (Lipinski definition) is 5. The van der Waals surface area contributed by atoms with E-state index in [0.717, 1.165) is 49.5 Å². The normalized spacial score (nSPS) is 16.4. The second-order valence-electron chi connectivity index (χ2n) is 8.37. The lowest BCUT2D eigenvalue weighted by Gasteiger charge is -2.34. The van der Waals surface area contributed by atoms with Crippen molar-refractivity contribution in [2.75, 3.05) is 13.7 Å². The van der Waals surface area contributed by atoms with Crippen LogP contribution in [0.5, 0.6) is 5.75 Å². The largest absolute Gasteiger partial charge is 0.497 e. The molecule has 0 bridgehead atoms. The number of hydrogen-bond donors (Lipinski definition) is 1. The first-order valence-corrected chi connectivity index (χ1v) is 11.3. The minimum Gasteiger partial charge on any atom is -0.497 e. The molecule has 1 amide bonds. The van der Waals surface area contributed by atoms with Crippen molar-refractivity contribution in [3.05, 3.63) is 88.8 Å². The number of methoxy groups -OCH3 is 1. The fourth-order valence-electron chi connectivity index (χ4n) is 4.19. The lowest BCUT2D eigenvalue weighted by Crippen LogP contribution is -2.34. The monoisotopic (exact) mass is 448 g/mol. The van der Waals surface area contributed by atoms with Gasteiger partial charge in [0.15, 0.2) is 0 Å². The van der Waals surface area contributed by atoms with E-state index in [1.807, 2.05) is 19.1 Å². The summed E-state index contributed by atoms with van der Waals surface area (Å²) in [5.74, 6) is 1.08. The van der Waals surface area contributed by atoms with Gasteiger partial charge in [-0.25, -0.2) is 14.4 Å². The molecule has 1 N–H and O–H groups in total. The highest BCUT2D eigenvalue weighted by Gasteiger charge is 2.27. The first kappa shape index (κ1) is 22.9. The Labute approximate surface area is 193 Å². The summed E-state index contributed by atoms with van der Waals surface area (Å²) in [6.07, 6.45) is 4.89. The molecule has 1 saturated heterocycles. The highest BCUT2D eigenvalue weighted by molar-refractivity contribution is 5.94. The third-order valence-corrected chi connectivity index (χ3v) is 6.07. The van der Waals surface area contributed by atoms with Crippen LogP contribution in [0.3, 0.4) is 0 Å². The average Bonchev–Trinajstić information content (AvgIpc) is 2.84. The molecule has 7 heteroatoms. The van der Waals surface area contributed by atoms with Crippen molar-refractivity contribution >= 4 is 5.91 Å². The second-order valence-corrected chi connectivity index (χ2v) is 8.37. The maximum Gasteiger partial charge on any atom is 0.254 e. The number of halogens is 1. The van der Waals surface area contributed by atoms with Gasteiger partial charge >= 0.3 is 0 Å². The Balaban J connectivity index is 1.44. The van der Waals surface area contributed by atoms with Crippen LogP contribution < -0.4 is 10.1 Å². The van der Waals surface area contributed by atoms with E-state index in [0.29, 0.717) is 17.8 Å². The van der Waals surface area contributed by atoms with Crippen LogP contribution in [0.15, 0.2) is 54.7 Å². The van der Waals surface area contributed by atoms with Gasteiger partial charge in [-0.3, -0.25) is 9.69 Å². The number of aryl methyl sites for hydroxylation is 1. The molecule has 1 fully saturated rings. The molecular formula is C26H29FN4O2. The van der Waals surface area contributed by atoms with E-state index in [2.05, 4.69) is 27.3 Å². The summed E-state index contributed by atoms with van der Waals surface area (Å²) in [5, 5.41) is 2.86. The summed E-state index contributed by atoms with van der Waals surface area (Å²) in [4.78, 5) is 24.4. The van der Waals surface area contributed by atoms with Crippen LogP contribution in [0.25, 0.3) is 0 Å². The Morgan fingerprint density at radius 2 is 1.85 bits per heavy atom. The lowest BCUT2D eigenvalue weighted by molar-refractivity contribution is 0.0948. The van der Waals surface area contributed by atoms with E-state index in [1.165, 1.54) is 17.7 Å². The molecule has 3 aromatic rings. The third kappa shape index (κ3) is 5.73. The number of piperidine rings is 1. The first-order chi connectivity index (χ1) is 16.0. The zero-order chi connectivity index (χ0) is 23.2. The molecule has 1 aliphatic heterocycles. The highest BCUT2D eigenvalue weighted by atomic mass is 19.1. The maximum atomic E-state index is 13.1. The number of ether oxygens (including phenoxy) is 1. The summed E-state index contributed by atoms with van der Waals surface area (Å²) in [6, 6.07) is 14.3. The number of amides is 1. The lowest BCUT2D eigenvalue weighted by atomic mass is 10.00. The van der Waals surface area contributed by atoms with Crippen LogP contribution in [-0.4, -0.2) is 34.4 Å². The number of carbonyl (C=O) groups excluding carboxylic acids is 1. The van der Waals surface area contributed by atoms with Crippen molar-refractivity contribution in [3.63, 3.8) is 0 Å². The Morgan fingerprint density at radius 1 is 1.12 bits per heavy atom. The van der Waals surface area contributed by atoms with Gasteiger partial charge in [-0.15, -0.1) is 0 Å². The van der Waals surface area contributed by atoms with Crippen LogP contribution in [-0.2, 0) is 13.1 Å². The Bertz CT molecular complexity index is 1090. The van der Waals surface area contributed by atoms with Crippen molar-refractivity contribution in [2.45, 2.75) is 45.3 Å². The molecular weight excluding hydrogens is 419 g/mol. The first-order valence-electron chi connectivity index (χ1n) is 11.3. The van der Waals surface area contributed by atoms with Gasteiger partial charge < -0.3 is 10.1 Å². The summed E-state index contributed by atoms with van der Waals surface area (Å²) < 4.78 is 18.3.